The van der Waals surface area contributed by atoms with Gasteiger partial charge in [-0.05, 0) is 42.0 Å². The molecule has 7 nitrogen and oxygen atoms in total. The van der Waals surface area contributed by atoms with Crippen molar-refractivity contribution in [3.05, 3.63) is 72.1 Å². The van der Waals surface area contributed by atoms with Crippen molar-refractivity contribution in [3.63, 3.8) is 0 Å². The number of fused-ring (bicyclic) bond motifs is 1. The highest BCUT2D eigenvalue weighted by molar-refractivity contribution is 5.78. The average Bonchev–Trinajstić information content (AvgIpc) is 3.42. The molecule has 0 spiro atoms. The number of hydrogen-bond donors (Lipinski definition) is 1. The van der Waals surface area contributed by atoms with Gasteiger partial charge in [-0.3, -0.25) is 9.69 Å². The fraction of sp³-hybridized carbons (Fsp3) is 0.250. The summed E-state index contributed by atoms with van der Waals surface area (Å²) in [4.78, 5) is 14.4. The van der Waals surface area contributed by atoms with Gasteiger partial charge in [-0.2, -0.15) is 0 Å². The first-order valence-corrected chi connectivity index (χ1v) is 8.68. The van der Waals surface area contributed by atoms with Crippen molar-refractivity contribution in [1.29, 1.82) is 0 Å². The minimum atomic E-state index is -0.0780. The minimum Gasteiger partial charge on any atom is -0.468 e. The largest absolute Gasteiger partial charge is 0.468 e. The van der Waals surface area contributed by atoms with Gasteiger partial charge in [0.2, 0.25) is 12.7 Å². The predicted octanol–water partition coefficient (Wildman–Crippen LogP) is 2.92. The third-order valence-electron chi connectivity index (χ3n) is 4.21. The normalized spacial score (nSPS) is 12.5. The summed E-state index contributed by atoms with van der Waals surface area (Å²) in [5.41, 5.74) is 0.955. The molecule has 7 heteroatoms. The summed E-state index contributed by atoms with van der Waals surface area (Å²) in [5, 5.41) is 2.94. The van der Waals surface area contributed by atoms with Gasteiger partial charge in [0, 0.05) is 6.54 Å². The maximum Gasteiger partial charge on any atom is 0.234 e. The van der Waals surface area contributed by atoms with Crippen molar-refractivity contribution in [2.45, 2.75) is 19.6 Å². The first kappa shape index (κ1) is 17.2. The summed E-state index contributed by atoms with van der Waals surface area (Å²) in [6.07, 6.45) is 3.25. The first-order chi connectivity index (χ1) is 13.3. The second kappa shape index (κ2) is 8.01. The number of hydrogen-bond acceptors (Lipinski definition) is 6. The van der Waals surface area contributed by atoms with Crippen LogP contribution < -0.4 is 14.8 Å². The molecular weight excluding hydrogens is 348 g/mol. The maximum atomic E-state index is 12.4. The quantitative estimate of drug-likeness (QED) is 0.659. The Kier molecular flexibility index (Phi) is 5.11. The molecule has 4 rings (SSSR count). The van der Waals surface area contributed by atoms with Crippen LogP contribution in [0.5, 0.6) is 11.5 Å². The van der Waals surface area contributed by atoms with Crippen molar-refractivity contribution in [3.8, 4) is 11.5 Å². The highest BCUT2D eigenvalue weighted by Crippen LogP contribution is 2.32. The van der Waals surface area contributed by atoms with Crippen molar-refractivity contribution < 1.29 is 23.1 Å². The Hall–Kier alpha value is -3.19. The zero-order valence-electron chi connectivity index (χ0n) is 14.7. The molecule has 1 amide bonds. The fourth-order valence-electron chi connectivity index (χ4n) is 2.92. The van der Waals surface area contributed by atoms with Crippen LogP contribution in [0, 0.1) is 0 Å². The van der Waals surface area contributed by atoms with Gasteiger partial charge in [0.15, 0.2) is 11.5 Å². The van der Waals surface area contributed by atoms with Crippen LogP contribution in [0.3, 0.4) is 0 Å². The zero-order chi connectivity index (χ0) is 18.5. The van der Waals surface area contributed by atoms with E-state index in [1.165, 1.54) is 0 Å². The predicted molar refractivity (Wildman–Crippen MR) is 95.9 cm³/mol. The molecule has 1 aliphatic heterocycles. The lowest BCUT2D eigenvalue weighted by molar-refractivity contribution is -0.122. The Balaban J connectivity index is 1.34. The van der Waals surface area contributed by atoms with E-state index in [-0.39, 0.29) is 19.2 Å². The summed E-state index contributed by atoms with van der Waals surface area (Å²) in [7, 11) is 0. The topological polar surface area (TPSA) is 77.1 Å². The van der Waals surface area contributed by atoms with Crippen LogP contribution >= 0.6 is 0 Å². The lowest BCUT2D eigenvalue weighted by atomic mass is 10.2. The molecule has 0 unspecified atom stereocenters. The number of rotatable bonds is 8. The number of furan rings is 2. The number of carbonyl (C=O) groups is 1. The van der Waals surface area contributed by atoms with E-state index in [1.54, 1.807) is 12.5 Å². The molecule has 1 aliphatic rings. The second-order valence-electron chi connectivity index (χ2n) is 6.27. The van der Waals surface area contributed by atoms with E-state index in [0.29, 0.717) is 25.4 Å². The summed E-state index contributed by atoms with van der Waals surface area (Å²) in [6.45, 7) is 1.92. The van der Waals surface area contributed by atoms with E-state index < -0.39 is 0 Å². The molecule has 3 aromatic rings. The highest BCUT2D eigenvalue weighted by Gasteiger charge is 2.16. The van der Waals surface area contributed by atoms with Crippen LogP contribution in [-0.2, 0) is 24.4 Å². The summed E-state index contributed by atoms with van der Waals surface area (Å²) in [6, 6.07) is 13.1. The van der Waals surface area contributed by atoms with Crippen LogP contribution in [-0.4, -0.2) is 24.1 Å². The van der Waals surface area contributed by atoms with E-state index in [0.717, 1.165) is 22.8 Å². The van der Waals surface area contributed by atoms with E-state index in [1.807, 2.05) is 47.4 Å². The van der Waals surface area contributed by atoms with Gasteiger partial charge in [-0.1, -0.05) is 6.07 Å². The molecule has 1 aromatic carbocycles. The Morgan fingerprint density at radius 2 is 1.67 bits per heavy atom. The van der Waals surface area contributed by atoms with Gasteiger partial charge >= 0.3 is 0 Å². The summed E-state index contributed by atoms with van der Waals surface area (Å²) < 4.78 is 21.5. The number of nitrogens with zero attached hydrogens (tertiary/aromatic N) is 1. The number of benzene rings is 1. The Bertz CT molecular complexity index is 838. The van der Waals surface area contributed by atoms with Crippen molar-refractivity contribution in [1.82, 2.24) is 10.2 Å². The third-order valence-corrected chi connectivity index (χ3v) is 4.21. The molecule has 0 aliphatic carbocycles. The van der Waals surface area contributed by atoms with Crippen LogP contribution in [0.15, 0.2) is 63.8 Å². The highest BCUT2D eigenvalue weighted by atomic mass is 16.7. The first-order valence-electron chi connectivity index (χ1n) is 8.68. The molecule has 0 atom stereocenters. The van der Waals surface area contributed by atoms with Crippen LogP contribution in [0.25, 0.3) is 0 Å². The van der Waals surface area contributed by atoms with Crippen LogP contribution in [0.2, 0.25) is 0 Å². The number of nitrogens with one attached hydrogen (secondary N) is 1. The SMILES string of the molecule is O=C(CN(Cc1ccco1)Cc1ccco1)NCc1ccc2c(c1)OCO2. The standard InChI is InChI=1S/C20H20N2O5/c23-20(21-10-15-5-6-18-19(9-15)27-14-26-18)13-22(11-16-3-1-7-24-16)12-17-4-2-8-25-17/h1-9H,10-14H2,(H,21,23). The molecule has 0 saturated carbocycles. The summed E-state index contributed by atoms with van der Waals surface area (Å²) >= 11 is 0. The van der Waals surface area contributed by atoms with Gasteiger partial charge in [0.05, 0.1) is 32.2 Å². The van der Waals surface area contributed by atoms with E-state index in [4.69, 9.17) is 18.3 Å². The van der Waals surface area contributed by atoms with Crippen molar-refractivity contribution in [2.24, 2.45) is 0 Å². The number of ether oxygens (including phenoxy) is 2. The molecule has 0 bridgehead atoms. The van der Waals surface area contributed by atoms with Crippen molar-refractivity contribution >= 4 is 5.91 Å². The van der Waals surface area contributed by atoms with Crippen LogP contribution in [0.1, 0.15) is 17.1 Å². The lowest BCUT2D eigenvalue weighted by Gasteiger charge is -2.19. The fourth-order valence-corrected chi connectivity index (χ4v) is 2.92. The Labute approximate surface area is 156 Å². The monoisotopic (exact) mass is 368 g/mol. The second-order valence-corrected chi connectivity index (χ2v) is 6.27. The molecule has 1 N–H and O–H groups in total. The van der Waals surface area contributed by atoms with Gasteiger partial charge in [0.25, 0.3) is 0 Å². The summed E-state index contributed by atoms with van der Waals surface area (Å²) in [5.74, 6) is 2.95. The molecule has 2 aromatic heterocycles. The Morgan fingerprint density at radius 3 is 2.33 bits per heavy atom. The molecule has 0 saturated heterocycles. The van der Waals surface area contributed by atoms with Crippen LogP contribution in [0.4, 0.5) is 0 Å². The molecule has 0 fully saturated rings. The van der Waals surface area contributed by atoms with E-state index >= 15 is 0 Å². The molecule has 0 radical (unpaired) electrons. The average molecular weight is 368 g/mol. The molecule has 27 heavy (non-hydrogen) atoms. The Morgan fingerprint density at radius 1 is 0.963 bits per heavy atom. The third kappa shape index (κ3) is 4.51. The van der Waals surface area contributed by atoms with Crippen molar-refractivity contribution in [2.75, 3.05) is 13.3 Å². The van der Waals surface area contributed by atoms with Gasteiger partial charge in [0.1, 0.15) is 11.5 Å². The number of carbonyl (C=O) groups excluding carboxylic acids is 1. The molecular formula is C20H20N2O5. The van der Waals surface area contributed by atoms with E-state index in [2.05, 4.69) is 5.32 Å². The zero-order valence-corrected chi connectivity index (χ0v) is 14.7. The minimum absolute atomic E-state index is 0.0780. The number of amides is 1. The maximum absolute atomic E-state index is 12.4. The van der Waals surface area contributed by atoms with Gasteiger partial charge in [-0.15, -0.1) is 0 Å². The van der Waals surface area contributed by atoms with Gasteiger partial charge in [-0.25, -0.2) is 0 Å². The molecule has 140 valence electrons. The molecule has 3 heterocycles. The smallest absolute Gasteiger partial charge is 0.234 e. The van der Waals surface area contributed by atoms with E-state index in [9.17, 15) is 4.79 Å². The van der Waals surface area contributed by atoms with Gasteiger partial charge < -0.3 is 23.6 Å². The lowest BCUT2D eigenvalue weighted by Crippen LogP contribution is -2.36.